The number of nitrogens with one attached hydrogen (secondary N) is 1. The normalized spacial score (nSPS) is 12.5. The maximum Gasteiger partial charge on any atom is 0.338 e. The molecule has 0 aromatic heterocycles. The number of carbonyl (C=O) groups is 2. The van der Waals surface area contributed by atoms with Gasteiger partial charge in [-0.3, -0.25) is 9.52 Å². The van der Waals surface area contributed by atoms with Gasteiger partial charge in [-0.25, -0.2) is 13.2 Å². The Kier molecular flexibility index (Phi) is 7.61. The predicted molar refractivity (Wildman–Crippen MR) is 116 cm³/mol. The zero-order valence-corrected chi connectivity index (χ0v) is 18.6. The molecule has 0 spiro atoms. The standard InChI is InChI=1S/C22H28N2O5S/c1-15(2)24(16(3)4)21(25)17(5)29-22(26)18-10-9-11-19(14-18)23-30(27,28)20-12-7-6-8-13-20/h6-17,23H,1-5H3. The van der Waals surface area contributed by atoms with E-state index in [2.05, 4.69) is 4.72 Å². The molecule has 30 heavy (non-hydrogen) atoms. The average molecular weight is 433 g/mol. The lowest BCUT2D eigenvalue weighted by molar-refractivity contribution is -0.143. The summed E-state index contributed by atoms with van der Waals surface area (Å²) in [5.74, 6) is -0.988. The molecule has 0 bridgehead atoms. The van der Waals surface area contributed by atoms with Crippen molar-refractivity contribution in [1.82, 2.24) is 4.90 Å². The number of benzene rings is 2. The Bertz CT molecular complexity index is 980. The van der Waals surface area contributed by atoms with Crippen LogP contribution in [0.2, 0.25) is 0 Å². The number of carbonyl (C=O) groups excluding carboxylic acids is 2. The van der Waals surface area contributed by atoms with Gasteiger partial charge in [0.25, 0.3) is 15.9 Å². The highest BCUT2D eigenvalue weighted by Crippen LogP contribution is 2.18. The van der Waals surface area contributed by atoms with Crippen LogP contribution in [-0.4, -0.2) is 43.4 Å². The second-order valence-electron chi connectivity index (χ2n) is 7.48. The average Bonchev–Trinajstić information content (AvgIpc) is 2.67. The van der Waals surface area contributed by atoms with Crippen molar-refractivity contribution in [2.45, 2.75) is 57.7 Å². The Morgan fingerprint density at radius 1 is 0.900 bits per heavy atom. The summed E-state index contributed by atoms with van der Waals surface area (Å²) in [6, 6.07) is 13.8. The summed E-state index contributed by atoms with van der Waals surface area (Å²) in [7, 11) is -3.79. The molecule has 2 aromatic carbocycles. The number of sulfonamides is 1. The molecule has 0 radical (unpaired) electrons. The number of ether oxygens (including phenoxy) is 1. The minimum atomic E-state index is -3.79. The van der Waals surface area contributed by atoms with Gasteiger partial charge in [-0.15, -0.1) is 0 Å². The van der Waals surface area contributed by atoms with Gasteiger partial charge in [0, 0.05) is 17.8 Å². The van der Waals surface area contributed by atoms with Crippen LogP contribution in [-0.2, 0) is 19.6 Å². The van der Waals surface area contributed by atoms with E-state index in [1.54, 1.807) is 29.2 Å². The summed E-state index contributed by atoms with van der Waals surface area (Å²) in [4.78, 5) is 27.0. The minimum absolute atomic E-state index is 0.0330. The van der Waals surface area contributed by atoms with Crippen molar-refractivity contribution in [3.63, 3.8) is 0 Å². The molecule has 2 aromatic rings. The second kappa shape index (κ2) is 9.75. The van der Waals surface area contributed by atoms with Gasteiger partial charge in [0.05, 0.1) is 10.5 Å². The molecule has 8 heteroatoms. The first kappa shape index (κ1) is 23.4. The lowest BCUT2D eigenvalue weighted by atomic mass is 10.2. The zero-order chi connectivity index (χ0) is 22.5. The van der Waals surface area contributed by atoms with Gasteiger partial charge in [-0.05, 0) is 65.0 Å². The monoisotopic (exact) mass is 432 g/mol. The van der Waals surface area contributed by atoms with Gasteiger partial charge in [0.1, 0.15) is 0 Å². The summed E-state index contributed by atoms with van der Waals surface area (Å²) in [5.41, 5.74) is 0.363. The second-order valence-corrected chi connectivity index (χ2v) is 9.16. The maximum absolute atomic E-state index is 12.7. The highest BCUT2D eigenvalue weighted by Gasteiger charge is 2.28. The fourth-order valence-electron chi connectivity index (χ4n) is 3.12. The molecule has 0 fully saturated rings. The summed E-state index contributed by atoms with van der Waals surface area (Å²) in [6.07, 6.45) is -0.966. The van der Waals surface area contributed by atoms with Crippen molar-refractivity contribution in [1.29, 1.82) is 0 Å². The fraction of sp³-hybridized carbons (Fsp3) is 0.364. The van der Waals surface area contributed by atoms with E-state index in [1.807, 2.05) is 27.7 Å². The van der Waals surface area contributed by atoms with Gasteiger partial charge in [-0.1, -0.05) is 24.3 Å². The molecule has 1 N–H and O–H groups in total. The Labute approximate surface area is 178 Å². The number of hydrogen-bond acceptors (Lipinski definition) is 5. The van der Waals surface area contributed by atoms with Crippen LogP contribution in [0.25, 0.3) is 0 Å². The summed E-state index contributed by atoms with van der Waals surface area (Å²) in [5, 5.41) is 0. The smallest absolute Gasteiger partial charge is 0.338 e. The largest absolute Gasteiger partial charge is 0.449 e. The quantitative estimate of drug-likeness (QED) is 0.643. The molecule has 0 saturated heterocycles. The first-order valence-corrected chi connectivity index (χ1v) is 11.2. The molecule has 162 valence electrons. The van der Waals surface area contributed by atoms with Gasteiger partial charge >= 0.3 is 5.97 Å². The van der Waals surface area contributed by atoms with E-state index in [1.165, 1.54) is 37.3 Å². The van der Waals surface area contributed by atoms with Crippen molar-refractivity contribution in [2.75, 3.05) is 4.72 Å². The number of hydrogen-bond donors (Lipinski definition) is 1. The molecule has 0 aliphatic carbocycles. The molecule has 1 amide bonds. The molecule has 0 heterocycles. The third-order valence-corrected chi connectivity index (χ3v) is 5.80. The third kappa shape index (κ3) is 5.82. The van der Waals surface area contributed by atoms with Crippen molar-refractivity contribution >= 4 is 27.6 Å². The number of amides is 1. The van der Waals surface area contributed by atoms with Crippen molar-refractivity contribution < 1.29 is 22.7 Å². The topological polar surface area (TPSA) is 92.8 Å². The fourth-order valence-corrected chi connectivity index (χ4v) is 4.19. The summed E-state index contributed by atoms with van der Waals surface area (Å²) in [6.45, 7) is 9.12. The first-order chi connectivity index (χ1) is 14.0. The SMILES string of the molecule is CC(OC(=O)c1cccc(NS(=O)(=O)c2ccccc2)c1)C(=O)N(C(C)C)C(C)C. The number of esters is 1. The Balaban J connectivity index is 2.14. The van der Waals surface area contributed by atoms with Crippen LogP contribution in [0.4, 0.5) is 5.69 Å². The van der Waals surface area contributed by atoms with Crippen molar-refractivity contribution in [3.05, 3.63) is 60.2 Å². The van der Waals surface area contributed by atoms with E-state index in [4.69, 9.17) is 4.74 Å². The molecule has 0 saturated carbocycles. The molecular formula is C22H28N2O5S. The Morgan fingerprint density at radius 2 is 1.50 bits per heavy atom. The van der Waals surface area contributed by atoms with E-state index in [9.17, 15) is 18.0 Å². The van der Waals surface area contributed by atoms with Crippen molar-refractivity contribution in [3.8, 4) is 0 Å². The van der Waals surface area contributed by atoms with E-state index in [-0.39, 0.29) is 34.1 Å². The third-order valence-electron chi connectivity index (χ3n) is 4.40. The molecule has 7 nitrogen and oxygen atoms in total. The van der Waals surface area contributed by atoms with Crippen LogP contribution in [0.1, 0.15) is 45.0 Å². The number of nitrogens with zero attached hydrogens (tertiary/aromatic N) is 1. The van der Waals surface area contributed by atoms with Crippen LogP contribution in [0, 0.1) is 0 Å². The molecule has 0 aliphatic heterocycles. The molecule has 2 rings (SSSR count). The van der Waals surface area contributed by atoms with Gasteiger partial charge in [-0.2, -0.15) is 0 Å². The van der Waals surface area contributed by atoms with Crippen LogP contribution in [0.5, 0.6) is 0 Å². The Morgan fingerprint density at radius 3 is 2.07 bits per heavy atom. The number of anilines is 1. The van der Waals surface area contributed by atoms with Gasteiger partial charge in [0.15, 0.2) is 6.10 Å². The summed E-state index contributed by atoms with van der Waals surface area (Å²) < 4.78 is 32.7. The first-order valence-electron chi connectivity index (χ1n) is 9.74. The lowest BCUT2D eigenvalue weighted by Crippen LogP contribution is -2.47. The lowest BCUT2D eigenvalue weighted by Gasteiger charge is -2.32. The van der Waals surface area contributed by atoms with Crippen LogP contribution in [0.15, 0.2) is 59.5 Å². The maximum atomic E-state index is 12.7. The van der Waals surface area contributed by atoms with Crippen LogP contribution >= 0.6 is 0 Å². The molecule has 0 aliphatic rings. The molecular weight excluding hydrogens is 404 g/mol. The highest BCUT2D eigenvalue weighted by molar-refractivity contribution is 7.92. The molecule has 1 unspecified atom stereocenters. The van der Waals surface area contributed by atoms with Gasteiger partial charge in [0.2, 0.25) is 0 Å². The zero-order valence-electron chi connectivity index (χ0n) is 17.8. The van der Waals surface area contributed by atoms with E-state index in [0.29, 0.717) is 0 Å². The Hall–Kier alpha value is -2.87. The number of rotatable bonds is 8. The summed E-state index contributed by atoms with van der Waals surface area (Å²) >= 11 is 0. The van der Waals surface area contributed by atoms with E-state index >= 15 is 0 Å². The van der Waals surface area contributed by atoms with E-state index in [0.717, 1.165) is 0 Å². The van der Waals surface area contributed by atoms with E-state index < -0.39 is 22.1 Å². The predicted octanol–water partition coefficient (Wildman–Crippen LogP) is 3.68. The van der Waals surface area contributed by atoms with Crippen molar-refractivity contribution in [2.24, 2.45) is 0 Å². The highest BCUT2D eigenvalue weighted by atomic mass is 32.2. The molecule has 1 atom stereocenters. The minimum Gasteiger partial charge on any atom is -0.449 e. The van der Waals surface area contributed by atoms with Crippen LogP contribution < -0.4 is 4.72 Å². The van der Waals surface area contributed by atoms with Gasteiger partial charge < -0.3 is 9.64 Å². The van der Waals surface area contributed by atoms with Crippen LogP contribution in [0.3, 0.4) is 0 Å².